The van der Waals surface area contributed by atoms with E-state index in [1.807, 2.05) is 6.92 Å². The molecular weight excluding hydrogens is 390 g/mol. The smallest absolute Gasteiger partial charge is 0.240 e. The lowest BCUT2D eigenvalue weighted by Crippen LogP contribution is -2.42. The van der Waals surface area contributed by atoms with Gasteiger partial charge in [0.25, 0.3) is 0 Å². The van der Waals surface area contributed by atoms with E-state index < -0.39 is 10.0 Å². The molecule has 0 saturated heterocycles. The second-order valence-corrected chi connectivity index (χ2v) is 10.1. The van der Waals surface area contributed by atoms with Gasteiger partial charge >= 0.3 is 0 Å². The monoisotopic (exact) mass is 421 g/mol. The van der Waals surface area contributed by atoms with E-state index in [1.165, 1.54) is 19.4 Å². The fourth-order valence-corrected chi connectivity index (χ4v) is 5.53. The van der Waals surface area contributed by atoms with Crippen LogP contribution in [0.2, 0.25) is 0 Å². The molecule has 8 heteroatoms. The zero-order valence-corrected chi connectivity index (χ0v) is 18.2. The summed E-state index contributed by atoms with van der Waals surface area (Å²) in [6.45, 7) is 5.66. The van der Waals surface area contributed by atoms with Crippen LogP contribution in [0.3, 0.4) is 0 Å². The number of hydrogen-bond acceptors (Lipinski definition) is 4. The zero-order valence-electron chi connectivity index (χ0n) is 17.4. The number of amides is 2. The number of carbonyl (C=O) groups is 2. The van der Waals surface area contributed by atoms with Crippen molar-refractivity contribution >= 4 is 27.5 Å². The number of rotatable bonds is 6. The minimum atomic E-state index is -3.71. The maximum absolute atomic E-state index is 12.6. The Kier molecular flexibility index (Phi) is 6.63. The summed E-state index contributed by atoms with van der Waals surface area (Å²) in [6, 6.07) is 5.03. The van der Waals surface area contributed by atoms with Crippen LogP contribution in [-0.4, -0.2) is 38.9 Å². The maximum atomic E-state index is 12.6. The molecule has 3 rings (SSSR count). The molecule has 3 atom stereocenters. The van der Waals surface area contributed by atoms with Gasteiger partial charge in [0.2, 0.25) is 21.8 Å². The summed E-state index contributed by atoms with van der Waals surface area (Å²) in [4.78, 5) is 25.9. The summed E-state index contributed by atoms with van der Waals surface area (Å²) in [5.74, 6) is 0.294. The number of nitrogens with zero attached hydrogens (tertiary/aromatic N) is 1. The van der Waals surface area contributed by atoms with E-state index in [9.17, 15) is 18.0 Å². The Balaban J connectivity index is 1.57. The van der Waals surface area contributed by atoms with Crippen LogP contribution < -0.4 is 14.9 Å². The van der Waals surface area contributed by atoms with Crippen molar-refractivity contribution in [1.29, 1.82) is 0 Å². The van der Waals surface area contributed by atoms with Gasteiger partial charge in [-0.25, -0.2) is 13.1 Å². The average Bonchev–Trinajstić information content (AvgIpc) is 2.98. The molecule has 1 aromatic carbocycles. The normalized spacial score (nSPS) is 24.2. The van der Waals surface area contributed by atoms with Crippen molar-refractivity contribution in [2.75, 3.05) is 11.4 Å². The molecule has 160 valence electrons. The predicted octanol–water partition coefficient (Wildman–Crippen LogP) is 2.35. The Hall–Kier alpha value is -1.93. The van der Waals surface area contributed by atoms with Gasteiger partial charge in [-0.3, -0.25) is 9.59 Å². The van der Waals surface area contributed by atoms with Crippen molar-refractivity contribution in [2.24, 2.45) is 5.92 Å². The number of carbonyl (C=O) groups excluding carboxylic acids is 2. The first-order valence-corrected chi connectivity index (χ1v) is 11.9. The predicted molar refractivity (Wildman–Crippen MR) is 112 cm³/mol. The molecule has 0 radical (unpaired) electrons. The van der Waals surface area contributed by atoms with Gasteiger partial charge in [0.05, 0.1) is 4.90 Å². The Morgan fingerprint density at radius 2 is 1.90 bits per heavy atom. The lowest BCUT2D eigenvalue weighted by atomic mass is 9.86. The van der Waals surface area contributed by atoms with Crippen LogP contribution in [0.4, 0.5) is 5.69 Å². The molecular formula is C21H31N3O4S. The van der Waals surface area contributed by atoms with Crippen LogP contribution in [0.25, 0.3) is 0 Å². The molecule has 2 N–H and O–H groups in total. The Morgan fingerprint density at radius 3 is 2.59 bits per heavy atom. The molecule has 7 nitrogen and oxygen atoms in total. The van der Waals surface area contributed by atoms with E-state index in [0.717, 1.165) is 30.5 Å². The minimum absolute atomic E-state index is 0.0132. The molecule has 0 unspecified atom stereocenters. The van der Waals surface area contributed by atoms with Gasteiger partial charge in [0.15, 0.2) is 0 Å². The SMILES string of the molecule is CC(=O)N1c2ccc(S(=O)(=O)NCCC(=O)N[C@@H]3CCCC[C@H]3C)cc2C[C@@H]1C. The van der Waals surface area contributed by atoms with Gasteiger partial charge in [0.1, 0.15) is 0 Å². The second kappa shape index (κ2) is 8.83. The summed E-state index contributed by atoms with van der Waals surface area (Å²) in [5.41, 5.74) is 1.62. The molecule has 0 bridgehead atoms. The van der Waals surface area contributed by atoms with Crippen LogP contribution >= 0.6 is 0 Å². The number of sulfonamides is 1. The molecule has 1 aliphatic heterocycles. The molecule has 1 fully saturated rings. The van der Waals surface area contributed by atoms with E-state index in [2.05, 4.69) is 17.0 Å². The van der Waals surface area contributed by atoms with Gasteiger partial charge in [-0.15, -0.1) is 0 Å². The number of anilines is 1. The molecule has 2 aliphatic rings. The fourth-order valence-electron chi connectivity index (χ4n) is 4.45. The Morgan fingerprint density at radius 1 is 1.17 bits per heavy atom. The van der Waals surface area contributed by atoms with Crippen molar-refractivity contribution in [3.05, 3.63) is 23.8 Å². The number of fused-ring (bicyclic) bond motifs is 1. The van der Waals surface area contributed by atoms with Gasteiger partial charge in [-0.05, 0) is 55.9 Å². The lowest BCUT2D eigenvalue weighted by molar-refractivity contribution is -0.122. The van der Waals surface area contributed by atoms with Crippen molar-refractivity contribution < 1.29 is 18.0 Å². The third-order valence-electron chi connectivity index (χ3n) is 6.02. The summed E-state index contributed by atoms with van der Waals surface area (Å²) >= 11 is 0. The standard InChI is InChI=1S/C21H31N3O4S/c1-14-6-4-5-7-19(14)23-21(26)10-11-22-29(27,28)18-8-9-20-17(13-18)12-15(2)24(20)16(3)25/h8-9,13-15,19,22H,4-7,10-12H2,1-3H3,(H,23,26)/t14-,15+,19-/m1/s1. The van der Waals surface area contributed by atoms with Crippen LogP contribution in [0.15, 0.2) is 23.1 Å². The summed E-state index contributed by atoms with van der Waals surface area (Å²) < 4.78 is 27.8. The highest BCUT2D eigenvalue weighted by Gasteiger charge is 2.30. The van der Waals surface area contributed by atoms with Gasteiger partial charge in [0, 0.05) is 37.7 Å². The van der Waals surface area contributed by atoms with Crippen molar-refractivity contribution in [2.45, 2.75) is 76.3 Å². The second-order valence-electron chi connectivity index (χ2n) is 8.32. The van der Waals surface area contributed by atoms with E-state index in [0.29, 0.717) is 12.3 Å². The molecule has 0 aromatic heterocycles. The molecule has 1 aromatic rings. The highest BCUT2D eigenvalue weighted by molar-refractivity contribution is 7.89. The van der Waals surface area contributed by atoms with Crippen LogP contribution in [-0.2, 0) is 26.0 Å². The first kappa shape index (κ1) is 21.8. The van der Waals surface area contributed by atoms with Crippen molar-refractivity contribution in [3.63, 3.8) is 0 Å². The van der Waals surface area contributed by atoms with Gasteiger partial charge in [-0.2, -0.15) is 0 Å². The third kappa shape index (κ3) is 4.98. The molecule has 1 aliphatic carbocycles. The first-order chi connectivity index (χ1) is 13.7. The molecule has 1 saturated carbocycles. The first-order valence-electron chi connectivity index (χ1n) is 10.4. The summed E-state index contributed by atoms with van der Waals surface area (Å²) in [7, 11) is -3.71. The minimum Gasteiger partial charge on any atom is -0.353 e. The third-order valence-corrected chi connectivity index (χ3v) is 7.48. The number of hydrogen-bond donors (Lipinski definition) is 2. The van der Waals surface area contributed by atoms with E-state index in [-0.39, 0.29) is 41.8 Å². The highest BCUT2D eigenvalue weighted by Crippen LogP contribution is 2.33. The van der Waals surface area contributed by atoms with Gasteiger partial charge < -0.3 is 10.2 Å². The van der Waals surface area contributed by atoms with Crippen LogP contribution in [0, 0.1) is 5.92 Å². The molecule has 0 spiro atoms. The molecule has 1 heterocycles. The largest absolute Gasteiger partial charge is 0.353 e. The topological polar surface area (TPSA) is 95.6 Å². The van der Waals surface area contributed by atoms with E-state index in [1.54, 1.807) is 17.0 Å². The molecule has 2 amide bonds. The quantitative estimate of drug-likeness (QED) is 0.737. The van der Waals surface area contributed by atoms with Crippen LogP contribution in [0.5, 0.6) is 0 Å². The summed E-state index contributed by atoms with van der Waals surface area (Å²) in [6.07, 6.45) is 5.18. The highest BCUT2D eigenvalue weighted by atomic mass is 32.2. The number of nitrogens with one attached hydrogen (secondary N) is 2. The van der Waals surface area contributed by atoms with Gasteiger partial charge in [-0.1, -0.05) is 19.8 Å². The number of benzene rings is 1. The van der Waals surface area contributed by atoms with Crippen molar-refractivity contribution in [1.82, 2.24) is 10.0 Å². The summed E-state index contributed by atoms with van der Waals surface area (Å²) in [5, 5.41) is 3.04. The Labute approximate surface area is 173 Å². The Bertz CT molecular complexity index is 884. The van der Waals surface area contributed by atoms with E-state index >= 15 is 0 Å². The van der Waals surface area contributed by atoms with E-state index in [4.69, 9.17) is 0 Å². The lowest BCUT2D eigenvalue weighted by Gasteiger charge is -2.29. The average molecular weight is 422 g/mol. The maximum Gasteiger partial charge on any atom is 0.240 e. The fraction of sp³-hybridized carbons (Fsp3) is 0.619. The zero-order chi connectivity index (χ0) is 21.2. The van der Waals surface area contributed by atoms with Crippen molar-refractivity contribution in [3.8, 4) is 0 Å². The van der Waals surface area contributed by atoms with Crippen LogP contribution in [0.1, 0.15) is 58.4 Å². The molecule has 29 heavy (non-hydrogen) atoms.